The van der Waals surface area contributed by atoms with Crippen molar-refractivity contribution < 1.29 is 28.8 Å². The summed E-state index contributed by atoms with van der Waals surface area (Å²) in [7, 11) is 6.90. The van der Waals surface area contributed by atoms with Crippen LogP contribution in [0.4, 0.5) is 0 Å². The quantitative estimate of drug-likeness (QED) is 0.116. The zero-order chi connectivity index (χ0) is 33.1. The lowest BCUT2D eigenvalue weighted by molar-refractivity contribution is -0.139. The number of carboxylic acids is 1. The molecule has 0 aliphatic rings. The van der Waals surface area contributed by atoms with E-state index in [1.807, 2.05) is 24.3 Å². The van der Waals surface area contributed by atoms with Gasteiger partial charge in [-0.3, -0.25) is 4.90 Å². The number of methoxy groups -OCH3 is 3. The molecule has 0 aliphatic carbocycles. The van der Waals surface area contributed by atoms with Gasteiger partial charge in [-0.15, -0.1) is 0 Å². The molecule has 0 heterocycles. The van der Waals surface area contributed by atoms with Crippen LogP contribution in [0.2, 0.25) is 0 Å². The Labute approximate surface area is 271 Å². The summed E-state index contributed by atoms with van der Waals surface area (Å²) in [4.78, 5) is 13.1. The number of unbranched alkanes of at least 4 members (excludes halogenated alkanes) is 9. The fourth-order valence-corrected chi connectivity index (χ4v) is 5.93. The number of carboxylic acid groups (broad SMARTS) is 1. The summed E-state index contributed by atoms with van der Waals surface area (Å²) in [5.74, 6) is 1.20. The van der Waals surface area contributed by atoms with Crippen LogP contribution < -0.4 is 18.9 Å². The molecule has 0 aromatic heterocycles. The monoisotopic (exact) mass is 624 g/mol. The summed E-state index contributed by atoms with van der Waals surface area (Å²) < 4.78 is 22.2. The van der Waals surface area contributed by atoms with E-state index in [0.717, 1.165) is 43.4 Å². The number of nitriles is 1. The number of aliphatic carboxylic acids is 1. The van der Waals surface area contributed by atoms with Crippen LogP contribution in [0.1, 0.15) is 114 Å². The highest BCUT2D eigenvalue weighted by Crippen LogP contribution is 2.44. The fourth-order valence-electron chi connectivity index (χ4n) is 5.93. The average molecular weight is 625 g/mol. The Balaban J connectivity index is 2.11. The smallest absolute Gasteiger partial charge is 0.341 e. The summed E-state index contributed by atoms with van der Waals surface area (Å²) in [5, 5.41) is 19.6. The van der Waals surface area contributed by atoms with Gasteiger partial charge in [-0.1, -0.05) is 83.3 Å². The van der Waals surface area contributed by atoms with Crippen LogP contribution in [0.5, 0.6) is 23.0 Å². The molecule has 0 amide bonds. The molecule has 0 aliphatic heterocycles. The Bertz CT molecular complexity index is 1150. The largest absolute Gasteiger partial charge is 0.493 e. The molecule has 250 valence electrons. The third kappa shape index (κ3) is 12.1. The molecule has 0 spiro atoms. The van der Waals surface area contributed by atoms with E-state index in [2.05, 4.69) is 31.9 Å². The van der Waals surface area contributed by atoms with Crippen molar-refractivity contribution in [1.82, 2.24) is 4.90 Å². The van der Waals surface area contributed by atoms with Crippen LogP contribution in [0.3, 0.4) is 0 Å². The number of carbonyl (C=O) groups is 1. The van der Waals surface area contributed by atoms with Crippen LogP contribution >= 0.6 is 0 Å². The maximum Gasteiger partial charge on any atom is 0.341 e. The van der Waals surface area contributed by atoms with Crippen molar-refractivity contribution in [3.63, 3.8) is 0 Å². The first kappa shape index (κ1) is 37.7. The number of ether oxygens (including phenoxy) is 4. The Morgan fingerprint density at radius 2 is 1.40 bits per heavy atom. The molecule has 0 bridgehead atoms. The first-order valence-corrected chi connectivity index (χ1v) is 16.6. The summed E-state index contributed by atoms with van der Waals surface area (Å²) in [6.45, 7) is 4.85. The van der Waals surface area contributed by atoms with Gasteiger partial charge in [0.1, 0.15) is 5.75 Å². The number of nitrogens with zero attached hydrogens (tertiary/aromatic N) is 2. The van der Waals surface area contributed by atoms with E-state index < -0.39 is 11.4 Å². The Hall–Kier alpha value is -3.44. The van der Waals surface area contributed by atoms with Crippen LogP contribution in [-0.4, -0.2) is 57.5 Å². The van der Waals surface area contributed by atoms with E-state index in [0.29, 0.717) is 29.4 Å². The minimum atomic E-state index is -1.000. The van der Waals surface area contributed by atoms with Crippen molar-refractivity contribution in [2.45, 2.75) is 109 Å². The first-order chi connectivity index (χ1) is 21.7. The molecule has 0 saturated carbocycles. The second-order valence-electron chi connectivity index (χ2n) is 12.1. The zero-order valence-corrected chi connectivity index (χ0v) is 28.5. The minimum Gasteiger partial charge on any atom is -0.493 e. The van der Waals surface area contributed by atoms with Crippen molar-refractivity contribution in [1.29, 1.82) is 5.26 Å². The molecule has 2 unspecified atom stereocenters. The van der Waals surface area contributed by atoms with E-state index in [-0.39, 0.29) is 12.6 Å². The second kappa shape index (κ2) is 20.6. The Morgan fingerprint density at radius 3 is 1.89 bits per heavy atom. The summed E-state index contributed by atoms with van der Waals surface area (Å²) in [6.07, 6.45) is 14.8. The zero-order valence-electron chi connectivity index (χ0n) is 28.5. The van der Waals surface area contributed by atoms with Gasteiger partial charge in [-0.05, 0) is 75.2 Å². The number of benzene rings is 2. The van der Waals surface area contributed by atoms with Crippen molar-refractivity contribution in [2.75, 3.05) is 41.5 Å². The van der Waals surface area contributed by atoms with Crippen molar-refractivity contribution in [3.05, 3.63) is 47.5 Å². The van der Waals surface area contributed by atoms with Crippen LogP contribution in [0, 0.1) is 11.3 Å². The number of hydrogen-bond donors (Lipinski definition) is 1. The standard InChI is InChI=1S/C37H56N2O6/c1-7-8-9-10-11-12-13-14-15-16-22-37(28-38,31-25-33(42-4)36(44-6)34(26-31)43-5)23-17-24-39(3)29(2)30-18-20-32(21-19-30)45-27-35(40)41/h18-21,25-26,29H,7-17,22-24,27H2,1-6H3,(H,40,41). The molecule has 2 atom stereocenters. The summed E-state index contributed by atoms with van der Waals surface area (Å²) >= 11 is 0. The normalized spacial score (nSPS) is 13.1. The predicted molar refractivity (Wildman–Crippen MR) is 180 cm³/mol. The maximum atomic E-state index is 10.8. The lowest BCUT2D eigenvalue weighted by atomic mass is 9.73. The molecule has 0 saturated heterocycles. The van der Waals surface area contributed by atoms with Gasteiger partial charge >= 0.3 is 5.97 Å². The third-order valence-electron chi connectivity index (χ3n) is 8.89. The fraction of sp³-hybridized carbons (Fsp3) is 0.622. The minimum absolute atomic E-state index is 0.137. The third-order valence-corrected chi connectivity index (χ3v) is 8.89. The van der Waals surface area contributed by atoms with Gasteiger partial charge in [0.05, 0.1) is 32.8 Å². The number of hydrogen-bond acceptors (Lipinski definition) is 7. The molecule has 45 heavy (non-hydrogen) atoms. The van der Waals surface area contributed by atoms with E-state index in [1.165, 1.54) is 51.4 Å². The molecule has 1 N–H and O–H groups in total. The highest BCUT2D eigenvalue weighted by molar-refractivity contribution is 5.68. The summed E-state index contributed by atoms with van der Waals surface area (Å²) in [5.41, 5.74) is 1.34. The topological polar surface area (TPSA) is 101 Å². The van der Waals surface area contributed by atoms with Gasteiger partial charge in [-0.2, -0.15) is 5.26 Å². The van der Waals surface area contributed by atoms with Crippen LogP contribution in [0.25, 0.3) is 0 Å². The molecular formula is C37H56N2O6. The van der Waals surface area contributed by atoms with E-state index >= 15 is 0 Å². The lowest BCUT2D eigenvalue weighted by Gasteiger charge is -2.31. The highest BCUT2D eigenvalue weighted by atomic mass is 16.5. The summed E-state index contributed by atoms with van der Waals surface area (Å²) in [6, 6.07) is 14.3. The molecular weight excluding hydrogens is 568 g/mol. The second-order valence-corrected chi connectivity index (χ2v) is 12.1. The van der Waals surface area contributed by atoms with Crippen molar-refractivity contribution in [2.24, 2.45) is 0 Å². The van der Waals surface area contributed by atoms with Gasteiger partial charge in [0.15, 0.2) is 18.1 Å². The van der Waals surface area contributed by atoms with Crippen LogP contribution in [0.15, 0.2) is 36.4 Å². The maximum absolute atomic E-state index is 10.8. The number of rotatable bonds is 24. The molecule has 2 rings (SSSR count). The lowest BCUT2D eigenvalue weighted by Crippen LogP contribution is -2.28. The Kier molecular flexibility index (Phi) is 17.2. The Morgan fingerprint density at radius 1 is 0.867 bits per heavy atom. The molecule has 0 radical (unpaired) electrons. The van der Waals surface area contributed by atoms with Gasteiger partial charge in [0, 0.05) is 6.04 Å². The molecule has 8 heteroatoms. The van der Waals surface area contributed by atoms with E-state index in [4.69, 9.17) is 24.1 Å². The first-order valence-electron chi connectivity index (χ1n) is 16.6. The molecule has 2 aromatic rings. The predicted octanol–water partition coefficient (Wildman–Crippen LogP) is 8.72. The average Bonchev–Trinajstić information content (AvgIpc) is 3.06. The van der Waals surface area contributed by atoms with Gasteiger partial charge in [0.25, 0.3) is 0 Å². The molecule has 0 fully saturated rings. The SMILES string of the molecule is CCCCCCCCCCCCC(C#N)(CCCN(C)C(C)c1ccc(OCC(=O)O)cc1)c1cc(OC)c(OC)c(OC)c1. The van der Waals surface area contributed by atoms with Gasteiger partial charge < -0.3 is 24.1 Å². The molecule has 2 aromatic carbocycles. The van der Waals surface area contributed by atoms with Crippen LogP contribution in [-0.2, 0) is 10.2 Å². The van der Waals surface area contributed by atoms with E-state index in [9.17, 15) is 10.1 Å². The van der Waals surface area contributed by atoms with Crippen molar-refractivity contribution >= 4 is 5.97 Å². The van der Waals surface area contributed by atoms with Gasteiger partial charge in [0.2, 0.25) is 5.75 Å². The van der Waals surface area contributed by atoms with Crippen molar-refractivity contribution in [3.8, 4) is 29.1 Å². The highest BCUT2D eigenvalue weighted by Gasteiger charge is 2.34. The van der Waals surface area contributed by atoms with Gasteiger partial charge in [-0.25, -0.2) is 4.79 Å². The van der Waals surface area contributed by atoms with E-state index in [1.54, 1.807) is 33.5 Å². The molecule has 8 nitrogen and oxygen atoms in total.